The van der Waals surface area contributed by atoms with Crippen LogP contribution in [0.4, 0.5) is 13.8 Å². The number of amides is 1. The predicted molar refractivity (Wildman–Crippen MR) is 86.0 cm³/mol. The van der Waals surface area contributed by atoms with Gasteiger partial charge in [-0.1, -0.05) is 0 Å². The van der Waals surface area contributed by atoms with Crippen molar-refractivity contribution in [3.8, 4) is 0 Å². The Kier molecular flexibility index (Phi) is 6.12. The molecular weight excluding hydrogens is 344 g/mol. The minimum atomic E-state index is -0.590. The van der Waals surface area contributed by atoms with Gasteiger partial charge in [0.05, 0.1) is 17.9 Å². The fourth-order valence-electron chi connectivity index (χ4n) is 1.67. The Hall–Kier alpha value is -1.93. The highest BCUT2D eigenvalue weighted by Crippen LogP contribution is 2.26. The van der Waals surface area contributed by atoms with Gasteiger partial charge in [-0.2, -0.15) is 0 Å². The van der Waals surface area contributed by atoms with Crippen LogP contribution in [0.3, 0.4) is 0 Å². The average Bonchev–Trinajstić information content (AvgIpc) is 2.96. The molecule has 0 bridgehead atoms. The van der Waals surface area contributed by atoms with Gasteiger partial charge < -0.3 is 10.1 Å². The monoisotopic (exact) mass is 357 g/mol. The first-order chi connectivity index (χ1) is 11.0. The van der Waals surface area contributed by atoms with E-state index in [2.05, 4.69) is 5.32 Å². The van der Waals surface area contributed by atoms with Crippen LogP contribution in [0.5, 0.6) is 0 Å². The van der Waals surface area contributed by atoms with E-state index in [4.69, 9.17) is 4.74 Å². The molecule has 122 valence electrons. The summed E-state index contributed by atoms with van der Waals surface area (Å²) in [6, 6.07) is 4.60. The van der Waals surface area contributed by atoms with E-state index in [0.717, 1.165) is 30.0 Å². The van der Waals surface area contributed by atoms with Crippen LogP contribution in [0.2, 0.25) is 0 Å². The lowest BCUT2D eigenvalue weighted by atomic mass is 10.3. The van der Waals surface area contributed by atoms with Gasteiger partial charge in [-0.15, -0.1) is 23.1 Å². The molecule has 1 aromatic heterocycles. The highest BCUT2D eigenvalue weighted by atomic mass is 32.2. The van der Waals surface area contributed by atoms with Gasteiger partial charge in [0.25, 0.3) is 0 Å². The van der Waals surface area contributed by atoms with E-state index in [1.807, 2.05) is 0 Å². The minimum absolute atomic E-state index is 0.0527. The van der Waals surface area contributed by atoms with Crippen LogP contribution < -0.4 is 5.32 Å². The van der Waals surface area contributed by atoms with Crippen molar-refractivity contribution in [1.29, 1.82) is 0 Å². The first-order valence-electron chi connectivity index (χ1n) is 6.63. The molecule has 0 spiro atoms. The summed E-state index contributed by atoms with van der Waals surface area (Å²) < 4.78 is 31.4. The summed E-state index contributed by atoms with van der Waals surface area (Å²) in [6.45, 7) is 1.92. The topological polar surface area (TPSA) is 55.4 Å². The smallest absolute Gasteiger partial charge is 0.341 e. The number of carbonyl (C=O) groups is 2. The number of rotatable bonds is 6. The molecule has 1 heterocycles. The fraction of sp³-hybridized carbons (Fsp3) is 0.200. The van der Waals surface area contributed by atoms with Gasteiger partial charge in [-0.25, -0.2) is 13.6 Å². The Morgan fingerprint density at radius 1 is 1.30 bits per heavy atom. The van der Waals surface area contributed by atoms with E-state index >= 15 is 0 Å². The lowest BCUT2D eigenvalue weighted by Crippen LogP contribution is -2.16. The lowest BCUT2D eigenvalue weighted by molar-refractivity contribution is -0.113. The number of thiophene rings is 1. The molecule has 0 aliphatic carbocycles. The second kappa shape index (κ2) is 8.07. The molecule has 0 saturated carbocycles. The average molecular weight is 357 g/mol. The number of thioether (sulfide) groups is 1. The molecule has 0 aliphatic rings. The first kappa shape index (κ1) is 17.4. The molecule has 0 fully saturated rings. The third-order valence-corrected chi connectivity index (χ3v) is 4.53. The van der Waals surface area contributed by atoms with Crippen LogP contribution in [-0.4, -0.2) is 24.2 Å². The zero-order chi connectivity index (χ0) is 16.8. The molecule has 8 heteroatoms. The number of ether oxygens (including phenoxy) is 1. The Labute approximate surface area is 139 Å². The lowest BCUT2D eigenvalue weighted by Gasteiger charge is -2.06. The summed E-state index contributed by atoms with van der Waals surface area (Å²) in [5.41, 5.74) is 0.270. The van der Waals surface area contributed by atoms with E-state index in [0.29, 0.717) is 5.00 Å². The van der Waals surface area contributed by atoms with Crippen LogP contribution >= 0.6 is 23.1 Å². The normalized spacial score (nSPS) is 10.4. The van der Waals surface area contributed by atoms with Gasteiger partial charge in [0.1, 0.15) is 16.6 Å². The maximum absolute atomic E-state index is 13.5. The Morgan fingerprint density at radius 2 is 2.09 bits per heavy atom. The van der Waals surface area contributed by atoms with Crippen LogP contribution in [0.1, 0.15) is 17.3 Å². The van der Waals surface area contributed by atoms with Crippen molar-refractivity contribution in [2.24, 2.45) is 0 Å². The summed E-state index contributed by atoms with van der Waals surface area (Å²) in [4.78, 5) is 23.7. The zero-order valence-electron chi connectivity index (χ0n) is 12.1. The molecule has 0 aliphatic heterocycles. The number of hydrogen-bond acceptors (Lipinski definition) is 5. The standard InChI is InChI=1S/C15H13F2NO3S2/c1-2-21-15(20)10-5-6-22-14(10)18-13(19)8-23-12-7-9(16)3-4-11(12)17/h3-7H,2,8H2,1H3,(H,18,19). The molecule has 1 amide bonds. The third kappa shape index (κ3) is 4.77. The zero-order valence-corrected chi connectivity index (χ0v) is 13.7. The van der Waals surface area contributed by atoms with Crippen molar-refractivity contribution in [3.63, 3.8) is 0 Å². The summed E-state index contributed by atoms with van der Waals surface area (Å²) >= 11 is 2.06. The second-order valence-electron chi connectivity index (χ2n) is 4.30. The second-order valence-corrected chi connectivity index (χ2v) is 6.23. The predicted octanol–water partition coefficient (Wildman–Crippen LogP) is 3.93. The maximum atomic E-state index is 13.5. The van der Waals surface area contributed by atoms with Crippen molar-refractivity contribution in [2.75, 3.05) is 17.7 Å². The van der Waals surface area contributed by atoms with E-state index in [1.165, 1.54) is 11.3 Å². The quantitative estimate of drug-likeness (QED) is 0.629. The summed E-state index contributed by atoms with van der Waals surface area (Å²) in [5, 5.41) is 4.60. The Balaban J connectivity index is 1.97. The highest BCUT2D eigenvalue weighted by Gasteiger charge is 2.16. The molecule has 23 heavy (non-hydrogen) atoms. The largest absolute Gasteiger partial charge is 0.462 e. The molecule has 0 saturated heterocycles. The summed E-state index contributed by atoms with van der Waals surface area (Å²) in [6.07, 6.45) is 0. The van der Waals surface area contributed by atoms with Crippen LogP contribution in [0, 0.1) is 11.6 Å². The summed E-state index contributed by atoms with van der Waals surface area (Å²) in [5.74, 6) is -2.22. The fourth-order valence-corrected chi connectivity index (χ4v) is 3.22. The van der Waals surface area contributed by atoms with Crippen molar-refractivity contribution < 1.29 is 23.1 Å². The van der Waals surface area contributed by atoms with E-state index in [1.54, 1.807) is 18.4 Å². The number of hydrogen-bond donors (Lipinski definition) is 1. The molecule has 0 unspecified atom stereocenters. The molecule has 2 aromatic rings. The van der Waals surface area contributed by atoms with Crippen molar-refractivity contribution >= 4 is 40.0 Å². The molecular formula is C15H13F2NO3S2. The number of benzene rings is 1. The molecule has 0 atom stereocenters. The minimum Gasteiger partial charge on any atom is -0.462 e. The molecule has 2 rings (SSSR count). The van der Waals surface area contributed by atoms with Crippen molar-refractivity contribution in [3.05, 3.63) is 46.8 Å². The number of carbonyl (C=O) groups excluding carboxylic acids is 2. The van der Waals surface area contributed by atoms with Gasteiger partial charge >= 0.3 is 5.97 Å². The Bertz CT molecular complexity index is 718. The number of nitrogens with one attached hydrogen (secondary N) is 1. The Morgan fingerprint density at radius 3 is 2.83 bits per heavy atom. The van der Waals surface area contributed by atoms with Gasteiger partial charge in [0, 0.05) is 4.90 Å². The number of halogens is 2. The number of esters is 1. The molecule has 1 N–H and O–H groups in total. The van der Waals surface area contributed by atoms with Gasteiger partial charge in [0.15, 0.2) is 0 Å². The first-order valence-corrected chi connectivity index (χ1v) is 8.50. The van der Waals surface area contributed by atoms with E-state index < -0.39 is 23.5 Å². The maximum Gasteiger partial charge on any atom is 0.341 e. The van der Waals surface area contributed by atoms with Gasteiger partial charge in [0.2, 0.25) is 5.91 Å². The van der Waals surface area contributed by atoms with E-state index in [-0.39, 0.29) is 22.8 Å². The van der Waals surface area contributed by atoms with Crippen LogP contribution in [0.25, 0.3) is 0 Å². The highest BCUT2D eigenvalue weighted by molar-refractivity contribution is 8.00. The van der Waals surface area contributed by atoms with E-state index in [9.17, 15) is 18.4 Å². The van der Waals surface area contributed by atoms with Gasteiger partial charge in [-0.05, 0) is 36.6 Å². The van der Waals surface area contributed by atoms with Crippen LogP contribution in [-0.2, 0) is 9.53 Å². The van der Waals surface area contributed by atoms with Crippen molar-refractivity contribution in [2.45, 2.75) is 11.8 Å². The third-order valence-electron chi connectivity index (χ3n) is 2.67. The molecule has 4 nitrogen and oxygen atoms in total. The van der Waals surface area contributed by atoms with Crippen LogP contribution in [0.15, 0.2) is 34.5 Å². The number of anilines is 1. The molecule has 0 radical (unpaired) electrons. The van der Waals surface area contributed by atoms with Crippen molar-refractivity contribution in [1.82, 2.24) is 0 Å². The van der Waals surface area contributed by atoms with Gasteiger partial charge in [-0.3, -0.25) is 4.79 Å². The SMILES string of the molecule is CCOC(=O)c1ccsc1NC(=O)CSc1cc(F)ccc1F. The molecule has 1 aromatic carbocycles. The summed E-state index contributed by atoms with van der Waals surface area (Å²) in [7, 11) is 0.